The quantitative estimate of drug-likeness (QED) is 0.586. The molecule has 0 amide bonds. The highest BCUT2D eigenvalue weighted by Crippen LogP contribution is 2.38. The molecule has 1 saturated heterocycles. The van der Waals surface area contributed by atoms with E-state index in [2.05, 4.69) is 5.32 Å². The molecule has 0 bridgehead atoms. The van der Waals surface area contributed by atoms with Gasteiger partial charge in [-0.25, -0.2) is 4.39 Å². The monoisotopic (exact) mass is 143 g/mol. The van der Waals surface area contributed by atoms with Crippen LogP contribution in [0.4, 0.5) is 4.39 Å². The van der Waals surface area contributed by atoms with Crippen LogP contribution in [0.5, 0.6) is 0 Å². The molecule has 10 heavy (non-hydrogen) atoms. The Hall–Kier alpha value is -0.110. The second-order valence-corrected chi connectivity index (χ2v) is 3.62. The first-order valence-electron chi connectivity index (χ1n) is 4.21. The van der Waals surface area contributed by atoms with Crippen molar-refractivity contribution < 1.29 is 4.39 Å². The summed E-state index contributed by atoms with van der Waals surface area (Å²) in [6.45, 7) is 1.22. The van der Waals surface area contributed by atoms with E-state index in [0.29, 0.717) is 19.0 Å². The smallest absolute Gasteiger partial charge is 0.138 e. The average molecular weight is 143 g/mol. The van der Waals surface area contributed by atoms with Gasteiger partial charge in [-0.2, -0.15) is 0 Å². The summed E-state index contributed by atoms with van der Waals surface area (Å²) in [4.78, 5) is 0. The van der Waals surface area contributed by atoms with Crippen LogP contribution in [0.1, 0.15) is 25.7 Å². The van der Waals surface area contributed by atoms with Crippen molar-refractivity contribution in [2.24, 2.45) is 5.92 Å². The summed E-state index contributed by atoms with van der Waals surface area (Å²) in [7, 11) is 0. The lowest BCUT2D eigenvalue weighted by Crippen LogP contribution is -2.60. The van der Waals surface area contributed by atoms with Gasteiger partial charge in [0.05, 0.1) is 0 Å². The van der Waals surface area contributed by atoms with Crippen LogP contribution in [0, 0.1) is 5.92 Å². The van der Waals surface area contributed by atoms with Crippen molar-refractivity contribution in [2.75, 3.05) is 13.1 Å². The van der Waals surface area contributed by atoms with Gasteiger partial charge in [-0.1, -0.05) is 12.8 Å². The number of nitrogens with one attached hydrogen (secondary N) is 1. The van der Waals surface area contributed by atoms with E-state index in [4.69, 9.17) is 0 Å². The molecular weight excluding hydrogens is 129 g/mol. The van der Waals surface area contributed by atoms with Crippen LogP contribution in [0.25, 0.3) is 0 Å². The standard InChI is InChI=1S/C8H14FN/c9-8(5-10-6-8)7-3-1-2-4-7/h7,10H,1-6H2. The summed E-state index contributed by atoms with van der Waals surface area (Å²) in [6, 6.07) is 0. The minimum atomic E-state index is -0.809. The lowest BCUT2D eigenvalue weighted by Gasteiger charge is -2.39. The molecule has 0 aromatic rings. The largest absolute Gasteiger partial charge is 0.310 e. The molecule has 1 aliphatic carbocycles. The lowest BCUT2D eigenvalue weighted by molar-refractivity contribution is 0.0266. The summed E-state index contributed by atoms with van der Waals surface area (Å²) in [5.41, 5.74) is -0.809. The summed E-state index contributed by atoms with van der Waals surface area (Å²) in [6.07, 6.45) is 4.74. The number of rotatable bonds is 1. The van der Waals surface area contributed by atoms with E-state index in [1.165, 1.54) is 12.8 Å². The Morgan fingerprint density at radius 2 is 1.80 bits per heavy atom. The number of halogens is 1. The van der Waals surface area contributed by atoms with E-state index in [1.807, 2.05) is 0 Å². The van der Waals surface area contributed by atoms with E-state index in [-0.39, 0.29) is 0 Å². The van der Waals surface area contributed by atoms with Crippen LogP contribution in [-0.2, 0) is 0 Å². The average Bonchev–Trinajstić information content (AvgIpc) is 2.33. The fourth-order valence-electron chi connectivity index (χ4n) is 2.10. The first-order chi connectivity index (χ1) is 4.81. The van der Waals surface area contributed by atoms with Gasteiger partial charge in [0.25, 0.3) is 0 Å². The van der Waals surface area contributed by atoms with Crippen LogP contribution in [0.2, 0.25) is 0 Å². The zero-order valence-corrected chi connectivity index (χ0v) is 6.20. The Balaban J connectivity index is 1.96. The minimum absolute atomic E-state index is 0.383. The molecule has 1 aliphatic heterocycles. The third kappa shape index (κ3) is 0.858. The molecule has 0 radical (unpaired) electrons. The Morgan fingerprint density at radius 1 is 1.20 bits per heavy atom. The third-order valence-corrected chi connectivity index (χ3v) is 2.92. The molecule has 1 heterocycles. The topological polar surface area (TPSA) is 12.0 Å². The first kappa shape index (κ1) is 6.59. The van der Waals surface area contributed by atoms with Gasteiger partial charge in [-0.3, -0.25) is 0 Å². The molecule has 1 nitrogen and oxygen atoms in total. The molecule has 0 atom stereocenters. The van der Waals surface area contributed by atoms with E-state index >= 15 is 0 Å². The third-order valence-electron chi connectivity index (χ3n) is 2.92. The second-order valence-electron chi connectivity index (χ2n) is 3.62. The van der Waals surface area contributed by atoms with Crippen LogP contribution >= 0.6 is 0 Å². The van der Waals surface area contributed by atoms with Crippen molar-refractivity contribution in [3.8, 4) is 0 Å². The summed E-state index contributed by atoms with van der Waals surface area (Å²) < 4.78 is 13.5. The Kier molecular flexibility index (Phi) is 1.44. The highest BCUT2D eigenvalue weighted by atomic mass is 19.1. The van der Waals surface area contributed by atoms with E-state index < -0.39 is 5.67 Å². The molecule has 1 N–H and O–H groups in total. The van der Waals surface area contributed by atoms with Crippen molar-refractivity contribution in [3.05, 3.63) is 0 Å². The predicted molar refractivity (Wildman–Crippen MR) is 38.7 cm³/mol. The summed E-state index contributed by atoms with van der Waals surface area (Å²) in [5, 5.41) is 3.00. The molecule has 0 spiro atoms. The van der Waals surface area contributed by atoms with E-state index in [1.54, 1.807) is 0 Å². The van der Waals surface area contributed by atoms with E-state index in [0.717, 1.165) is 12.8 Å². The molecule has 58 valence electrons. The summed E-state index contributed by atoms with van der Waals surface area (Å²) in [5.74, 6) is 0.383. The van der Waals surface area contributed by atoms with Gasteiger partial charge in [-0.05, 0) is 18.8 Å². The van der Waals surface area contributed by atoms with Gasteiger partial charge in [-0.15, -0.1) is 0 Å². The Bertz CT molecular complexity index is 125. The van der Waals surface area contributed by atoms with Crippen molar-refractivity contribution in [3.63, 3.8) is 0 Å². The SMILES string of the molecule is FC1(C2CCCC2)CNC1. The lowest BCUT2D eigenvalue weighted by atomic mass is 9.83. The molecule has 2 aliphatic rings. The van der Waals surface area contributed by atoms with Gasteiger partial charge >= 0.3 is 0 Å². The molecule has 0 unspecified atom stereocenters. The predicted octanol–water partition coefficient (Wildman–Crippen LogP) is 1.49. The molecule has 0 aromatic heterocycles. The van der Waals surface area contributed by atoms with Gasteiger partial charge in [0, 0.05) is 13.1 Å². The van der Waals surface area contributed by atoms with Crippen molar-refractivity contribution in [2.45, 2.75) is 31.4 Å². The molecule has 2 heteroatoms. The molecule has 2 rings (SSSR count). The maximum absolute atomic E-state index is 13.5. The van der Waals surface area contributed by atoms with Crippen molar-refractivity contribution >= 4 is 0 Å². The first-order valence-corrected chi connectivity index (χ1v) is 4.21. The molecule has 2 fully saturated rings. The fourth-order valence-corrected chi connectivity index (χ4v) is 2.10. The molecular formula is C8H14FN. The van der Waals surface area contributed by atoms with Crippen LogP contribution in [0.15, 0.2) is 0 Å². The number of hydrogen-bond donors (Lipinski definition) is 1. The highest BCUT2D eigenvalue weighted by molar-refractivity contribution is 4.99. The fraction of sp³-hybridized carbons (Fsp3) is 1.00. The number of hydrogen-bond acceptors (Lipinski definition) is 1. The van der Waals surface area contributed by atoms with Crippen molar-refractivity contribution in [1.29, 1.82) is 0 Å². The second kappa shape index (κ2) is 2.19. The van der Waals surface area contributed by atoms with Crippen LogP contribution in [0.3, 0.4) is 0 Å². The highest BCUT2D eigenvalue weighted by Gasteiger charge is 2.45. The zero-order valence-electron chi connectivity index (χ0n) is 6.20. The van der Waals surface area contributed by atoms with Gasteiger partial charge in [0.1, 0.15) is 5.67 Å². The molecule has 0 aromatic carbocycles. The maximum Gasteiger partial charge on any atom is 0.138 e. The summed E-state index contributed by atoms with van der Waals surface area (Å²) >= 11 is 0. The van der Waals surface area contributed by atoms with Gasteiger partial charge in [0.2, 0.25) is 0 Å². The number of alkyl halides is 1. The Morgan fingerprint density at radius 3 is 2.20 bits per heavy atom. The Labute approximate surface area is 61.0 Å². The van der Waals surface area contributed by atoms with Gasteiger partial charge in [0.15, 0.2) is 0 Å². The van der Waals surface area contributed by atoms with Crippen LogP contribution < -0.4 is 5.32 Å². The van der Waals surface area contributed by atoms with Crippen LogP contribution in [-0.4, -0.2) is 18.8 Å². The van der Waals surface area contributed by atoms with Gasteiger partial charge < -0.3 is 5.32 Å². The normalized spacial score (nSPS) is 32.1. The minimum Gasteiger partial charge on any atom is -0.310 e. The zero-order chi connectivity index (χ0) is 7.03. The maximum atomic E-state index is 13.5. The van der Waals surface area contributed by atoms with E-state index in [9.17, 15) is 4.39 Å². The molecule has 1 saturated carbocycles. The van der Waals surface area contributed by atoms with Crippen molar-refractivity contribution in [1.82, 2.24) is 5.32 Å².